The number of alkyl halides is 3. The number of nitrogens with one attached hydrogen (secondary N) is 2. The Bertz CT molecular complexity index is 1720. The largest absolute Gasteiger partial charge is 0.516 e. The van der Waals surface area contributed by atoms with Gasteiger partial charge in [0.25, 0.3) is 5.91 Å². The Morgan fingerprint density at radius 3 is 2.52 bits per heavy atom. The van der Waals surface area contributed by atoms with Crippen molar-refractivity contribution < 1.29 is 40.3 Å². The van der Waals surface area contributed by atoms with E-state index >= 15 is 0 Å². The summed E-state index contributed by atoms with van der Waals surface area (Å²) in [6, 6.07) is 7.23. The molecule has 1 aromatic heterocycles. The summed E-state index contributed by atoms with van der Waals surface area (Å²) in [5, 5.41) is 2.33. The number of carbonyl (C=O) groups excluding carboxylic acids is 2. The molecule has 16 heteroatoms. The Balaban J connectivity index is 1.88. The second kappa shape index (κ2) is 12.4. The summed E-state index contributed by atoms with van der Waals surface area (Å²) < 4.78 is 77.6. The number of imidazole rings is 1. The number of ether oxygens (including phenoxy) is 1. The number of anilines is 1. The summed E-state index contributed by atoms with van der Waals surface area (Å²) in [6.45, 7) is 3.06. The Morgan fingerprint density at radius 1 is 1.14 bits per heavy atom. The molecule has 2 N–H and O–H groups in total. The number of rotatable bonds is 10. The van der Waals surface area contributed by atoms with Crippen LogP contribution >= 0.6 is 27.5 Å². The first kappa shape index (κ1) is 31.4. The summed E-state index contributed by atoms with van der Waals surface area (Å²) >= 11 is 9.88. The van der Waals surface area contributed by atoms with Crippen LogP contribution in [0.3, 0.4) is 0 Å². The molecule has 42 heavy (non-hydrogen) atoms. The molecule has 2 aliphatic rings. The minimum Gasteiger partial charge on any atom is -0.472 e. The average molecular weight is 692 g/mol. The molecule has 1 amide bonds. The second-order valence-corrected chi connectivity index (χ2v) is 11.6. The van der Waals surface area contributed by atoms with Crippen LogP contribution in [0, 0.1) is 0 Å². The van der Waals surface area contributed by atoms with Gasteiger partial charge in [0.2, 0.25) is 0 Å². The van der Waals surface area contributed by atoms with Gasteiger partial charge in [-0.05, 0) is 46.1 Å². The number of sulfonamides is 1. The van der Waals surface area contributed by atoms with Gasteiger partial charge < -0.3 is 19.0 Å². The van der Waals surface area contributed by atoms with E-state index in [-0.39, 0.29) is 35.2 Å². The predicted molar refractivity (Wildman–Crippen MR) is 152 cm³/mol. The van der Waals surface area contributed by atoms with Crippen LogP contribution in [0.2, 0.25) is 5.15 Å². The molecule has 0 spiro atoms. The predicted octanol–water partition coefficient (Wildman–Crippen LogP) is 5.83. The maximum Gasteiger partial charge on any atom is 0.516 e. The zero-order valence-corrected chi connectivity index (χ0v) is 25.2. The van der Waals surface area contributed by atoms with Crippen molar-refractivity contribution in [2.24, 2.45) is 0 Å². The molecule has 0 radical (unpaired) electrons. The molecule has 0 atom stereocenters. The van der Waals surface area contributed by atoms with E-state index in [1.165, 1.54) is 35.3 Å². The molecule has 0 saturated carbocycles. The average Bonchev–Trinajstić information content (AvgIpc) is 3.40. The highest BCUT2D eigenvalue weighted by atomic mass is 79.9. The SMILES string of the molecule is CCOC(=O)CNC(=O)c1c(Cl)nc(CC)n1Cc1c2ccocc-2c(Br)c1-c1ccccc1NS(=O)(=O)C(F)(F)F. The standard InChI is InChI=1S/C26H23BrClF3N4O6S/c1-3-19-33-24(28)23(25(37)32-11-20(36)41-4-2)35(19)12-16-14-9-10-40-13-17(14)22(27)21(16)15-7-5-6-8-18(15)34-42(38,39)26(29,30)31/h5-10,13,34H,3-4,11-12H2,1-2H3,(H,32,37). The Hall–Kier alpha value is -3.56. The number of hydrogen-bond donors (Lipinski definition) is 2. The Labute approximate surface area is 251 Å². The van der Waals surface area contributed by atoms with Crippen molar-refractivity contribution in [1.82, 2.24) is 14.9 Å². The van der Waals surface area contributed by atoms with Crippen LogP contribution in [0.25, 0.3) is 22.3 Å². The van der Waals surface area contributed by atoms with Gasteiger partial charge in [0.15, 0.2) is 5.15 Å². The number of amides is 1. The molecule has 2 heterocycles. The third-order valence-corrected chi connectivity index (χ3v) is 8.35. The van der Waals surface area contributed by atoms with E-state index in [1.807, 2.05) is 0 Å². The van der Waals surface area contributed by atoms with Crippen molar-refractivity contribution in [3.8, 4) is 22.3 Å². The number of aryl methyl sites for hydroxylation is 1. The van der Waals surface area contributed by atoms with Gasteiger partial charge in [0, 0.05) is 27.6 Å². The van der Waals surface area contributed by atoms with Crippen LogP contribution < -0.4 is 10.0 Å². The number of benzene rings is 1. The van der Waals surface area contributed by atoms with Gasteiger partial charge in [-0.3, -0.25) is 14.3 Å². The number of esters is 1. The zero-order valence-electron chi connectivity index (χ0n) is 22.0. The summed E-state index contributed by atoms with van der Waals surface area (Å²) in [6.07, 6.45) is 3.16. The molecule has 0 fully saturated rings. The smallest absolute Gasteiger partial charge is 0.472 e. The molecule has 10 nitrogen and oxygen atoms in total. The highest BCUT2D eigenvalue weighted by Crippen LogP contribution is 2.48. The van der Waals surface area contributed by atoms with Crippen molar-refractivity contribution in [2.75, 3.05) is 17.9 Å². The molecule has 1 aliphatic heterocycles. The van der Waals surface area contributed by atoms with Crippen LogP contribution in [-0.2, 0) is 32.5 Å². The van der Waals surface area contributed by atoms with E-state index in [2.05, 4.69) is 26.2 Å². The fourth-order valence-electron chi connectivity index (χ4n) is 4.37. The lowest BCUT2D eigenvalue weighted by atomic mass is 10.0. The van der Waals surface area contributed by atoms with E-state index in [4.69, 9.17) is 20.8 Å². The monoisotopic (exact) mass is 690 g/mol. The third-order valence-electron chi connectivity index (χ3n) is 6.17. The van der Waals surface area contributed by atoms with Gasteiger partial charge in [-0.25, -0.2) is 4.98 Å². The van der Waals surface area contributed by atoms with Crippen molar-refractivity contribution in [2.45, 2.75) is 32.3 Å². The highest BCUT2D eigenvalue weighted by Gasteiger charge is 2.46. The molecule has 2 aromatic rings. The summed E-state index contributed by atoms with van der Waals surface area (Å²) in [7, 11) is -5.75. The minimum absolute atomic E-state index is 0.0547. The Kier molecular flexibility index (Phi) is 9.23. The quantitative estimate of drug-likeness (QED) is 0.200. The lowest BCUT2D eigenvalue weighted by Crippen LogP contribution is -2.32. The molecule has 0 saturated heterocycles. The number of hydrogen-bond acceptors (Lipinski definition) is 7. The molecular weight excluding hydrogens is 669 g/mol. The van der Waals surface area contributed by atoms with Crippen molar-refractivity contribution in [3.05, 3.63) is 69.6 Å². The Morgan fingerprint density at radius 2 is 1.86 bits per heavy atom. The third kappa shape index (κ3) is 6.13. The molecule has 0 unspecified atom stereocenters. The van der Waals surface area contributed by atoms with Gasteiger partial charge in [0.05, 0.1) is 31.4 Å². The van der Waals surface area contributed by atoms with Gasteiger partial charge in [-0.2, -0.15) is 21.6 Å². The number of nitrogens with zero attached hydrogens (tertiary/aromatic N) is 2. The van der Waals surface area contributed by atoms with Gasteiger partial charge >= 0.3 is 21.5 Å². The lowest BCUT2D eigenvalue weighted by Gasteiger charge is -2.17. The van der Waals surface area contributed by atoms with Gasteiger partial charge in [-0.1, -0.05) is 36.7 Å². The fourth-order valence-corrected chi connectivity index (χ4v) is 6.00. The molecule has 224 valence electrons. The maximum atomic E-state index is 13.3. The van der Waals surface area contributed by atoms with E-state index in [0.29, 0.717) is 39.0 Å². The lowest BCUT2D eigenvalue weighted by molar-refractivity contribution is -0.141. The number of fused-ring (bicyclic) bond motifs is 1. The van der Waals surface area contributed by atoms with Crippen molar-refractivity contribution in [3.63, 3.8) is 0 Å². The van der Waals surface area contributed by atoms with Crippen LogP contribution in [0.4, 0.5) is 18.9 Å². The van der Waals surface area contributed by atoms with E-state index in [1.54, 1.807) is 30.7 Å². The second-order valence-electron chi connectivity index (χ2n) is 8.74. The summed E-state index contributed by atoms with van der Waals surface area (Å²) in [4.78, 5) is 29.3. The van der Waals surface area contributed by atoms with Crippen LogP contribution in [0.1, 0.15) is 35.7 Å². The normalized spacial score (nSPS) is 12.0. The number of aromatic nitrogens is 2. The van der Waals surface area contributed by atoms with E-state index < -0.39 is 34.0 Å². The van der Waals surface area contributed by atoms with Gasteiger partial charge in [-0.15, -0.1) is 0 Å². The number of carbonyl (C=O) groups is 2. The summed E-state index contributed by atoms with van der Waals surface area (Å²) in [5.41, 5.74) is -3.83. The molecule has 0 bridgehead atoms. The summed E-state index contributed by atoms with van der Waals surface area (Å²) in [5.74, 6) is -0.951. The van der Waals surface area contributed by atoms with Gasteiger partial charge in [0.1, 0.15) is 18.1 Å². The maximum absolute atomic E-state index is 13.3. The molecular formula is C26H23BrClF3N4O6S. The molecule has 1 aliphatic carbocycles. The first-order valence-electron chi connectivity index (χ1n) is 12.3. The van der Waals surface area contributed by atoms with E-state index in [0.717, 1.165) is 0 Å². The van der Waals surface area contributed by atoms with Crippen molar-refractivity contribution in [1.29, 1.82) is 0 Å². The van der Waals surface area contributed by atoms with Crippen LogP contribution in [-0.4, -0.2) is 48.5 Å². The molecule has 1 aromatic carbocycles. The topological polar surface area (TPSA) is 133 Å². The number of para-hydroxylation sites is 1. The van der Waals surface area contributed by atoms with Crippen LogP contribution in [0.5, 0.6) is 0 Å². The van der Waals surface area contributed by atoms with Crippen LogP contribution in [0.15, 0.2) is 51.7 Å². The fraction of sp³-hybridized carbons (Fsp3) is 0.269. The first-order valence-corrected chi connectivity index (χ1v) is 15.0. The first-order chi connectivity index (χ1) is 19.8. The van der Waals surface area contributed by atoms with Crippen molar-refractivity contribution >= 4 is 55.1 Å². The highest BCUT2D eigenvalue weighted by molar-refractivity contribution is 9.10. The number of halogens is 5. The zero-order chi connectivity index (χ0) is 30.8. The molecule has 4 rings (SSSR count). The minimum atomic E-state index is -5.75. The van der Waals surface area contributed by atoms with E-state index in [9.17, 15) is 31.2 Å².